The lowest BCUT2D eigenvalue weighted by atomic mass is 10.00. The van der Waals surface area contributed by atoms with E-state index in [1.54, 1.807) is 7.11 Å². The third kappa shape index (κ3) is 2.57. The molecule has 1 N–H and O–H groups in total. The molecule has 0 aliphatic rings. The van der Waals surface area contributed by atoms with Crippen molar-refractivity contribution in [1.82, 2.24) is 0 Å². The van der Waals surface area contributed by atoms with Gasteiger partial charge in [0, 0.05) is 10.0 Å². The van der Waals surface area contributed by atoms with Crippen LogP contribution < -0.4 is 4.74 Å². The molecule has 0 radical (unpaired) electrons. The Morgan fingerprint density at radius 2 is 1.83 bits per heavy atom. The van der Waals surface area contributed by atoms with Gasteiger partial charge in [-0.25, -0.2) is 0 Å². The van der Waals surface area contributed by atoms with Gasteiger partial charge in [0.05, 0.1) is 7.11 Å². The second-order valence-electron chi connectivity index (χ2n) is 4.17. The van der Waals surface area contributed by atoms with Crippen LogP contribution in [-0.4, -0.2) is 12.2 Å². The van der Waals surface area contributed by atoms with Crippen molar-refractivity contribution in [3.05, 3.63) is 63.6 Å². The highest BCUT2D eigenvalue weighted by atomic mass is 79.9. The predicted octanol–water partition coefficient (Wildman–Crippen LogP) is 3.85. The monoisotopic (exact) mass is 306 g/mol. The summed E-state index contributed by atoms with van der Waals surface area (Å²) in [6, 6.07) is 13.4. The van der Waals surface area contributed by atoms with Crippen molar-refractivity contribution >= 4 is 15.9 Å². The zero-order valence-corrected chi connectivity index (χ0v) is 11.9. The number of hydrogen-bond acceptors (Lipinski definition) is 2. The molecule has 3 heteroatoms. The highest BCUT2D eigenvalue weighted by molar-refractivity contribution is 9.10. The number of aliphatic hydroxyl groups excluding tert-OH is 1. The zero-order valence-electron chi connectivity index (χ0n) is 10.4. The van der Waals surface area contributed by atoms with Crippen LogP contribution in [0.15, 0.2) is 46.9 Å². The normalized spacial score (nSPS) is 12.2. The van der Waals surface area contributed by atoms with E-state index in [1.807, 2.05) is 49.4 Å². The maximum Gasteiger partial charge on any atom is 0.125 e. The molecule has 2 aromatic rings. The first-order chi connectivity index (χ1) is 8.63. The molecule has 0 spiro atoms. The van der Waals surface area contributed by atoms with E-state index in [-0.39, 0.29) is 0 Å². The van der Waals surface area contributed by atoms with E-state index in [0.29, 0.717) is 5.75 Å². The van der Waals surface area contributed by atoms with Crippen molar-refractivity contribution in [3.8, 4) is 5.75 Å². The molecular formula is C15H15BrO2. The van der Waals surface area contributed by atoms with Crippen molar-refractivity contribution in [1.29, 1.82) is 0 Å². The lowest BCUT2D eigenvalue weighted by Crippen LogP contribution is -2.03. The van der Waals surface area contributed by atoms with Crippen LogP contribution in [0.3, 0.4) is 0 Å². The Hall–Kier alpha value is -1.32. The van der Waals surface area contributed by atoms with Crippen LogP contribution in [0.4, 0.5) is 0 Å². The van der Waals surface area contributed by atoms with Crippen LogP contribution in [-0.2, 0) is 0 Å². The second kappa shape index (κ2) is 5.55. The summed E-state index contributed by atoms with van der Waals surface area (Å²) in [6.07, 6.45) is -0.698. The summed E-state index contributed by atoms with van der Waals surface area (Å²) in [6.45, 7) is 2.02. The molecule has 18 heavy (non-hydrogen) atoms. The average Bonchev–Trinajstić information content (AvgIpc) is 2.38. The Bertz CT molecular complexity index is 552. The predicted molar refractivity (Wildman–Crippen MR) is 75.9 cm³/mol. The standard InChI is InChI=1S/C15H15BrO2/c1-10-7-8-11(13(16)9-10)15(17)12-5-3-4-6-14(12)18-2/h3-9,15,17H,1-2H3. The zero-order chi connectivity index (χ0) is 13.1. The number of hydrogen-bond donors (Lipinski definition) is 1. The molecule has 1 unspecified atom stereocenters. The van der Waals surface area contributed by atoms with E-state index in [4.69, 9.17) is 4.74 Å². The number of methoxy groups -OCH3 is 1. The Kier molecular flexibility index (Phi) is 4.04. The molecule has 0 aromatic heterocycles. The highest BCUT2D eigenvalue weighted by Gasteiger charge is 2.17. The van der Waals surface area contributed by atoms with E-state index >= 15 is 0 Å². The van der Waals surface area contributed by atoms with Gasteiger partial charge in [-0.1, -0.05) is 46.3 Å². The van der Waals surface area contributed by atoms with Gasteiger partial charge in [0.2, 0.25) is 0 Å². The molecule has 0 amide bonds. The number of ether oxygens (including phenoxy) is 1. The molecule has 0 fully saturated rings. The maximum atomic E-state index is 10.5. The summed E-state index contributed by atoms with van der Waals surface area (Å²) in [4.78, 5) is 0. The van der Waals surface area contributed by atoms with E-state index in [2.05, 4.69) is 15.9 Å². The van der Waals surface area contributed by atoms with Crippen LogP contribution in [0, 0.1) is 6.92 Å². The lowest BCUT2D eigenvalue weighted by molar-refractivity contribution is 0.214. The average molecular weight is 307 g/mol. The fourth-order valence-electron chi connectivity index (χ4n) is 1.91. The number of aryl methyl sites for hydroxylation is 1. The van der Waals surface area contributed by atoms with Gasteiger partial charge in [-0.3, -0.25) is 0 Å². The molecule has 0 bridgehead atoms. The van der Waals surface area contributed by atoms with Gasteiger partial charge in [0.15, 0.2) is 0 Å². The van der Waals surface area contributed by atoms with E-state index in [9.17, 15) is 5.11 Å². The topological polar surface area (TPSA) is 29.5 Å². The van der Waals surface area contributed by atoms with Gasteiger partial charge < -0.3 is 9.84 Å². The fraction of sp³-hybridized carbons (Fsp3) is 0.200. The van der Waals surface area contributed by atoms with Gasteiger partial charge in [-0.15, -0.1) is 0 Å². The van der Waals surface area contributed by atoms with Crippen LogP contribution in [0.1, 0.15) is 22.8 Å². The third-order valence-corrected chi connectivity index (χ3v) is 3.57. The summed E-state index contributed by atoms with van der Waals surface area (Å²) in [5.41, 5.74) is 2.76. The Balaban J connectivity index is 2.44. The number of benzene rings is 2. The third-order valence-electron chi connectivity index (χ3n) is 2.88. The van der Waals surface area contributed by atoms with Gasteiger partial charge in [-0.2, -0.15) is 0 Å². The molecule has 2 rings (SSSR count). The first-order valence-electron chi connectivity index (χ1n) is 5.70. The van der Waals surface area contributed by atoms with E-state index < -0.39 is 6.10 Å². The van der Waals surface area contributed by atoms with Gasteiger partial charge >= 0.3 is 0 Å². The quantitative estimate of drug-likeness (QED) is 0.933. The Morgan fingerprint density at radius 1 is 1.11 bits per heavy atom. The maximum absolute atomic E-state index is 10.5. The Labute approximate surface area is 115 Å². The van der Waals surface area contributed by atoms with Gasteiger partial charge in [0.25, 0.3) is 0 Å². The first-order valence-corrected chi connectivity index (χ1v) is 6.50. The minimum Gasteiger partial charge on any atom is -0.496 e. The minimum atomic E-state index is -0.698. The molecule has 0 aliphatic heterocycles. The van der Waals surface area contributed by atoms with Crippen LogP contribution in [0.25, 0.3) is 0 Å². The smallest absolute Gasteiger partial charge is 0.125 e. The summed E-state index contributed by atoms with van der Waals surface area (Å²) < 4.78 is 6.18. The van der Waals surface area contributed by atoms with Crippen LogP contribution >= 0.6 is 15.9 Å². The number of rotatable bonds is 3. The van der Waals surface area contributed by atoms with Crippen LogP contribution in [0.2, 0.25) is 0 Å². The summed E-state index contributed by atoms with van der Waals surface area (Å²) in [7, 11) is 1.61. The SMILES string of the molecule is COc1ccccc1C(O)c1ccc(C)cc1Br. The summed E-state index contributed by atoms with van der Waals surface area (Å²) in [5.74, 6) is 0.692. The van der Waals surface area contributed by atoms with Gasteiger partial charge in [0.1, 0.15) is 11.9 Å². The van der Waals surface area contributed by atoms with Gasteiger partial charge in [-0.05, 0) is 30.2 Å². The largest absolute Gasteiger partial charge is 0.496 e. The van der Waals surface area contributed by atoms with Crippen molar-refractivity contribution in [2.24, 2.45) is 0 Å². The van der Waals surface area contributed by atoms with E-state index in [1.165, 1.54) is 0 Å². The molecule has 2 aromatic carbocycles. The van der Waals surface area contributed by atoms with Crippen LogP contribution in [0.5, 0.6) is 5.75 Å². The molecule has 2 nitrogen and oxygen atoms in total. The minimum absolute atomic E-state index is 0.692. The number of aliphatic hydroxyl groups is 1. The molecule has 0 saturated heterocycles. The number of halogens is 1. The molecule has 0 saturated carbocycles. The summed E-state index contributed by atoms with van der Waals surface area (Å²) >= 11 is 3.49. The molecular weight excluding hydrogens is 292 g/mol. The highest BCUT2D eigenvalue weighted by Crippen LogP contribution is 2.33. The molecule has 0 aliphatic carbocycles. The van der Waals surface area contributed by atoms with Crippen molar-refractivity contribution in [2.75, 3.05) is 7.11 Å². The Morgan fingerprint density at radius 3 is 2.50 bits per heavy atom. The molecule has 0 heterocycles. The summed E-state index contributed by atoms with van der Waals surface area (Å²) in [5, 5.41) is 10.5. The molecule has 94 valence electrons. The second-order valence-corrected chi connectivity index (χ2v) is 5.02. The number of para-hydroxylation sites is 1. The lowest BCUT2D eigenvalue weighted by Gasteiger charge is -2.16. The molecule has 1 atom stereocenters. The van der Waals surface area contributed by atoms with Crippen molar-refractivity contribution in [3.63, 3.8) is 0 Å². The fourth-order valence-corrected chi connectivity index (χ4v) is 2.62. The van der Waals surface area contributed by atoms with E-state index in [0.717, 1.165) is 21.2 Å². The first kappa shape index (κ1) is 13.1. The van der Waals surface area contributed by atoms with Crippen molar-refractivity contribution in [2.45, 2.75) is 13.0 Å². The van der Waals surface area contributed by atoms with Crippen molar-refractivity contribution < 1.29 is 9.84 Å².